The number of carbonyl (C=O) groups excluding carboxylic acids is 3. The molecule has 2 atom stereocenters. The molecule has 4 heterocycles. The van der Waals surface area contributed by atoms with E-state index < -0.39 is 41.0 Å². The molecule has 0 radical (unpaired) electrons. The molecule has 1 N–H and O–H groups in total. The van der Waals surface area contributed by atoms with Gasteiger partial charge in [-0.2, -0.15) is 0 Å². The molecule has 1 amide bonds. The summed E-state index contributed by atoms with van der Waals surface area (Å²) < 4.78 is 29.8. The topological polar surface area (TPSA) is 123 Å². The van der Waals surface area contributed by atoms with Crippen molar-refractivity contribution in [2.75, 3.05) is 40.4 Å². The number of hydrogen-bond donors (Lipinski definition) is 1. The van der Waals surface area contributed by atoms with Gasteiger partial charge in [-0.25, -0.2) is 19.0 Å². The normalized spacial score (nSPS) is 23.9. The molecule has 11 nitrogen and oxygen atoms in total. The number of methoxy groups -OCH3 is 2. The minimum Gasteiger partial charge on any atom is -0.469 e. The molecule has 0 saturated carbocycles. The highest BCUT2D eigenvalue weighted by molar-refractivity contribution is 7.11. The zero-order valence-corrected chi connectivity index (χ0v) is 24.5. The highest BCUT2D eigenvalue weighted by Crippen LogP contribution is 2.45. The predicted octanol–water partition coefficient (Wildman–Crippen LogP) is 3.30. The first kappa shape index (κ1) is 29.0. The zero-order valence-electron chi connectivity index (χ0n) is 22.9. The Morgan fingerprint density at radius 3 is 2.71 bits per heavy atom. The molecule has 218 valence electrons. The van der Waals surface area contributed by atoms with E-state index >= 15 is 0 Å². The van der Waals surface area contributed by atoms with Crippen molar-refractivity contribution >= 4 is 46.8 Å². The molecule has 1 aromatic heterocycles. The van der Waals surface area contributed by atoms with Crippen LogP contribution >= 0.6 is 22.9 Å². The van der Waals surface area contributed by atoms with Crippen molar-refractivity contribution in [3.05, 3.63) is 62.5 Å². The molecular formula is C27H29ClFN5O6S. The van der Waals surface area contributed by atoms with Crippen molar-refractivity contribution < 1.29 is 33.0 Å². The summed E-state index contributed by atoms with van der Waals surface area (Å²) in [5.41, 5.74) is -0.920. The van der Waals surface area contributed by atoms with E-state index in [1.54, 1.807) is 30.3 Å². The van der Waals surface area contributed by atoms with E-state index in [-0.39, 0.29) is 30.1 Å². The molecule has 2 aromatic rings. The number of thiazole rings is 1. The van der Waals surface area contributed by atoms with Crippen LogP contribution in [0.1, 0.15) is 36.9 Å². The van der Waals surface area contributed by atoms with E-state index in [1.165, 1.54) is 43.8 Å². The number of rotatable bonds is 7. The molecule has 2 unspecified atom stereocenters. The average molecular weight is 606 g/mol. The number of nitrogens with zero attached hydrogens (tertiary/aromatic N) is 4. The third-order valence-electron chi connectivity index (χ3n) is 7.79. The average Bonchev–Trinajstić information content (AvgIpc) is 3.53. The smallest absolute Gasteiger partial charge is 0.411 e. The molecule has 3 aliphatic rings. The molecule has 5 rings (SSSR count). The Kier molecular flexibility index (Phi) is 7.79. The number of hydrogen-bond acceptors (Lipinski definition) is 11. The highest BCUT2D eigenvalue weighted by Gasteiger charge is 2.63. The van der Waals surface area contributed by atoms with E-state index in [0.29, 0.717) is 35.2 Å². The number of aliphatic imine (C=N–C) groups is 1. The highest BCUT2D eigenvalue weighted by atomic mass is 35.5. The Morgan fingerprint density at radius 1 is 1.27 bits per heavy atom. The summed E-state index contributed by atoms with van der Waals surface area (Å²) in [5, 5.41) is 5.75. The van der Waals surface area contributed by atoms with Crippen LogP contribution in [0, 0.1) is 5.82 Å². The Hall–Kier alpha value is -3.55. The summed E-state index contributed by atoms with van der Waals surface area (Å²) >= 11 is 7.81. The molecule has 0 spiro atoms. The van der Waals surface area contributed by atoms with Crippen molar-refractivity contribution in [2.45, 2.75) is 37.5 Å². The van der Waals surface area contributed by atoms with Gasteiger partial charge in [-0.15, -0.1) is 11.3 Å². The van der Waals surface area contributed by atoms with Crippen LogP contribution in [-0.4, -0.2) is 90.2 Å². The van der Waals surface area contributed by atoms with Crippen molar-refractivity contribution in [3.8, 4) is 0 Å². The number of ether oxygens (including phenoxy) is 3. The summed E-state index contributed by atoms with van der Waals surface area (Å²) in [5.74, 6) is -1.22. The lowest BCUT2D eigenvalue weighted by molar-refractivity contribution is -0.147. The van der Waals surface area contributed by atoms with Crippen molar-refractivity contribution in [1.29, 1.82) is 0 Å². The lowest BCUT2D eigenvalue weighted by atomic mass is 9.77. The minimum absolute atomic E-state index is 0.0747. The van der Waals surface area contributed by atoms with Gasteiger partial charge >= 0.3 is 18.0 Å². The number of cyclic esters (lactones) is 1. The summed E-state index contributed by atoms with van der Waals surface area (Å²) in [7, 11) is 2.57. The summed E-state index contributed by atoms with van der Waals surface area (Å²) in [6.07, 6.45) is 1.07. The zero-order chi connectivity index (χ0) is 29.5. The van der Waals surface area contributed by atoms with Gasteiger partial charge in [0.15, 0.2) is 10.8 Å². The van der Waals surface area contributed by atoms with Gasteiger partial charge in [-0.1, -0.05) is 17.7 Å². The van der Waals surface area contributed by atoms with Crippen LogP contribution in [0.4, 0.5) is 9.18 Å². The second-order valence-electron chi connectivity index (χ2n) is 10.4. The van der Waals surface area contributed by atoms with Crippen molar-refractivity contribution in [1.82, 2.24) is 20.1 Å². The molecule has 2 fully saturated rings. The molecule has 3 aliphatic heterocycles. The van der Waals surface area contributed by atoms with Gasteiger partial charge < -0.3 is 19.5 Å². The second kappa shape index (κ2) is 11.0. The number of amides is 1. The van der Waals surface area contributed by atoms with Gasteiger partial charge in [-0.3, -0.25) is 19.6 Å². The molecule has 0 bridgehead atoms. The SMILES string of the molecule is COC(=O)CC12CN(CC3=C(C(=O)OC)C(c4ccc(F)cc4Cl)N=C(c4nccs4)N3)CCN1C(=O)OC2(C)C. The molecule has 2 saturated heterocycles. The number of nitrogens with one attached hydrogen (secondary N) is 1. The lowest BCUT2D eigenvalue weighted by Gasteiger charge is -2.49. The van der Waals surface area contributed by atoms with E-state index in [0.717, 1.165) is 0 Å². The molecule has 1 aromatic carbocycles. The van der Waals surface area contributed by atoms with Crippen LogP contribution in [0.2, 0.25) is 5.02 Å². The molecule has 14 heteroatoms. The maximum Gasteiger partial charge on any atom is 0.411 e. The second-order valence-corrected chi connectivity index (χ2v) is 11.7. The number of carbonyl (C=O) groups is 3. The number of halogens is 2. The van der Waals surface area contributed by atoms with Gasteiger partial charge in [0.05, 0.1) is 26.2 Å². The standard InChI is InChI=1S/C27H29ClFN5O6S/c1-26(2)27(12-19(35)38-3)14-33(8-9-34(27)25(37)40-26)13-18-20(24(36)39-4)21(16-6-5-15(29)11-17(16)28)32-22(31-18)23-30-7-10-41-23/h5-7,10-11,21H,8-9,12-14H2,1-4H3,(H,31,32). The monoisotopic (exact) mass is 605 g/mol. The van der Waals surface area contributed by atoms with E-state index in [9.17, 15) is 18.8 Å². The fourth-order valence-electron chi connectivity index (χ4n) is 5.64. The van der Waals surface area contributed by atoms with E-state index in [1.807, 2.05) is 4.90 Å². The first-order valence-corrected chi connectivity index (χ1v) is 14.1. The van der Waals surface area contributed by atoms with Gasteiger partial charge in [0.2, 0.25) is 0 Å². The molecule has 0 aliphatic carbocycles. The van der Waals surface area contributed by atoms with Crippen molar-refractivity contribution in [3.63, 3.8) is 0 Å². The van der Waals surface area contributed by atoms with Crippen LogP contribution in [0.3, 0.4) is 0 Å². The Morgan fingerprint density at radius 2 is 2.05 bits per heavy atom. The quantitative estimate of drug-likeness (QED) is 0.374. The van der Waals surface area contributed by atoms with E-state index in [4.69, 9.17) is 30.8 Å². The van der Waals surface area contributed by atoms with Crippen LogP contribution in [-0.2, 0) is 23.8 Å². The number of esters is 2. The predicted molar refractivity (Wildman–Crippen MR) is 148 cm³/mol. The van der Waals surface area contributed by atoms with Crippen LogP contribution < -0.4 is 5.32 Å². The minimum atomic E-state index is -1.01. The van der Waals surface area contributed by atoms with Crippen LogP contribution in [0.5, 0.6) is 0 Å². The van der Waals surface area contributed by atoms with Gasteiger partial charge in [-0.05, 0) is 26.0 Å². The first-order valence-electron chi connectivity index (χ1n) is 12.8. The maximum absolute atomic E-state index is 13.9. The van der Waals surface area contributed by atoms with Gasteiger partial charge in [0, 0.05) is 54.0 Å². The van der Waals surface area contributed by atoms with Crippen LogP contribution in [0.25, 0.3) is 0 Å². The molecular weight excluding hydrogens is 577 g/mol. The number of aromatic nitrogens is 1. The number of benzene rings is 1. The van der Waals surface area contributed by atoms with Crippen LogP contribution in [0.15, 0.2) is 46.0 Å². The Bertz CT molecular complexity index is 1450. The largest absolute Gasteiger partial charge is 0.469 e. The number of piperazine rings is 1. The number of fused-ring (bicyclic) bond motifs is 1. The summed E-state index contributed by atoms with van der Waals surface area (Å²) in [4.78, 5) is 51.4. The molecule has 41 heavy (non-hydrogen) atoms. The third kappa shape index (κ3) is 5.17. The lowest BCUT2D eigenvalue weighted by Crippen LogP contribution is -2.67. The summed E-state index contributed by atoms with van der Waals surface area (Å²) in [6.45, 7) is 4.72. The first-order chi connectivity index (χ1) is 19.5. The maximum atomic E-state index is 13.9. The Balaban J connectivity index is 1.57. The summed E-state index contributed by atoms with van der Waals surface area (Å²) in [6, 6.07) is 3.00. The fraction of sp³-hybridized carbons (Fsp3) is 0.444. The van der Waals surface area contributed by atoms with Gasteiger partial charge in [0.25, 0.3) is 0 Å². The van der Waals surface area contributed by atoms with Gasteiger partial charge in [0.1, 0.15) is 23.0 Å². The number of amidine groups is 1. The van der Waals surface area contributed by atoms with Crippen molar-refractivity contribution in [2.24, 2.45) is 4.99 Å². The third-order valence-corrected chi connectivity index (χ3v) is 8.90. The van der Waals surface area contributed by atoms with E-state index in [2.05, 4.69) is 10.3 Å². The Labute approximate surface area is 244 Å². The fourth-order valence-corrected chi connectivity index (χ4v) is 6.50.